The van der Waals surface area contributed by atoms with Crippen LogP contribution in [0.1, 0.15) is 17.9 Å². The lowest BCUT2D eigenvalue weighted by atomic mass is 10.2. The molecule has 5 nitrogen and oxygen atoms in total. The number of oxazole rings is 1. The van der Waals surface area contributed by atoms with Crippen molar-refractivity contribution in [2.75, 3.05) is 5.32 Å². The lowest BCUT2D eigenvalue weighted by Gasteiger charge is -2.05. The second kappa shape index (κ2) is 6.87. The number of nitrogens with one attached hydrogen (secondary N) is 1. The Morgan fingerprint density at radius 3 is 2.74 bits per heavy atom. The summed E-state index contributed by atoms with van der Waals surface area (Å²) >= 11 is 0. The van der Waals surface area contributed by atoms with Crippen LogP contribution in [0.2, 0.25) is 0 Å². The van der Waals surface area contributed by atoms with E-state index in [2.05, 4.69) is 15.3 Å². The lowest BCUT2D eigenvalue weighted by molar-refractivity contribution is -0.116. The number of pyridine rings is 1. The normalized spacial score (nSPS) is 10.5. The van der Waals surface area contributed by atoms with Crippen LogP contribution in [0, 0.1) is 6.92 Å². The predicted octanol–water partition coefficient (Wildman–Crippen LogP) is 3.62. The molecule has 0 saturated carbocycles. The van der Waals surface area contributed by atoms with Gasteiger partial charge in [0, 0.05) is 24.6 Å². The van der Waals surface area contributed by atoms with Gasteiger partial charge >= 0.3 is 0 Å². The maximum absolute atomic E-state index is 12.0. The number of carbonyl (C=O) groups is 1. The third kappa shape index (κ3) is 3.83. The van der Waals surface area contributed by atoms with Gasteiger partial charge in [-0.15, -0.1) is 0 Å². The summed E-state index contributed by atoms with van der Waals surface area (Å²) in [7, 11) is 0. The first-order valence-electron chi connectivity index (χ1n) is 7.44. The fraction of sp³-hybridized carbons (Fsp3) is 0.167. The number of amides is 1. The zero-order chi connectivity index (χ0) is 16.1. The highest BCUT2D eigenvalue weighted by molar-refractivity contribution is 5.90. The molecule has 3 rings (SSSR count). The van der Waals surface area contributed by atoms with Crippen LogP contribution in [-0.2, 0) is 11.2 Å². The minimum Gasteiger partial charge on any atom is -0.441 e. The maximum atomic E-state index is 12.0. The van der Waals surface area contributed by atoms with E-state index in [-0.39, 0.29) is 5.91 Å². The number of anilines is 1. The van der Waals surface area contributed by atoms with E-state index in [1.54, 1.807) is 12.4 Å². The SMILES string of the molecule is Cc1cccnc1NC(=O)CCc1ncc(-c2ccccc2)o1. The van der Waals surface area contributed by atoms with Crippen molar-refractivity contribution in [2.45, 2.75) is 19.8 Å². The van der Waals surface area contributed by atoms with Crippen LogP contribution >= 0.6 is 0 Å². The third-order valence-electron chi connectivity index (χ3n) is 3.45. The van der Waals surface area contributed by atoms with E-state index in [9.17, 15) is 4.79 Å². The van der Waals surface area contributed by atoms with E-state index < -0.39 is 0 Å². The van der Waals surface area contributed by atoms with Gasteiger partial charge in [0.2, 0.25) is 5.91 Å². The van der Waals surface area contributed by atoms with E-state index in [0.717, 1.165) is 11.1 Å². The standard InChI is InChI=1S/C18H17N3O2/c1-13-6-5-11-19-18(13)21-16(22)9-10-17-20-12-15(23-17)14-7-3-2-4-8-14/h2-8,11-12H,9-10H2,1H3,(H,19,21,22). The maximum Gasteiger partial charge on any atom is 0.226 e. The number of rotatable bonds is 5. The fourth-order valence-corrected chi connectivity index (χ4v) is 2.19. The highest BCUT2D eigenvalue weighted by Crippen LogP contribution is 2.20. The second-order valence-corrected chi connectivity index (χ2v) is 5.20. The first-order chi connectivity index (χ1) is 11.2. The topological polar surface area (TPSA) is 68.0 Å². The molecule has 1 N–H and O–H groups in total. The Kier molecular flexibility index (Phi) is 4.47. The second-order valence-electron chi connectivity index (χ2n) is 5.20. The summed E-state index contributed by atoms with van der Waals surface area (Å²) in [5.74, 6) is 1.75. The zero-order valence-corrected chi connectivity index (χ0v) is 12.8. The van der Waals surface area contributed by atoms with Crippen molar-refractivity contribution in [1.29, 1.82) is 0 Å². The summed E-state index contributed by atoms with van der Waals surface area (Å²) in [5.41, 5.74) is 1.91. The molecule has 23 heavy (non-hydrogen) atoms. The van der Waals surface area contributed by atoms with Gasteiger partial charge in [0.25, 0.3) is 0 Å². The number of hydrogen-bond acceptors (Lipinski definition) is 4. The predicted molar refractivity (Wildman–Crippen MR) is 87.9 cm³/mol. The Bertz CT molecular complexity index is 797. The van der Waals surface area contributed by atoms with E-state index in [0.29, 0.717) is 30.3 Å². The van der Waals surface area contributed by atoms with Gasteiger partial charge in [0.1, 0.15) is 5.82 Å². The van der Waals surface area contributed by atoms with E-state index >= 15 is 0 Å². The summed E-state index contributed by atoms with van der Waals surface area (Å²) in [5, 5.41) is 2.80. The molecule has 0 fully saturated rings. The molecule has 0 aliphatic carbocycles. The van der Waals surface area contributed by atoms with Crippen LogP contribution in [0.15, 0.2) is 59.3 Å². The monoisotopic (exact) mass is 307 g/mol. The van der Waals surface area contributed by atoms with Crippen molar-refractivity contribution < 1.29 is 9.21 Å². The molecule has 0 aliphatic rings. The molecule has 0 radical (unpaired) electrons. The molecule has 0 spiro atoms. The van der Waals surface area contributed by atoms with Crippen LogP contribution in [0.25, 0.3) is 11.3 Å². The molecule has 0 aliphatic heterocycles. The summed E-state index contributed by atoms with van der Waals surface area (Å²) in [6, 6.07) is 13.5. The number of hydrogen-bond donors (Lipinski definition) is 1. The largest absolute Gasteiger partial charge is 0.441 e. The number of benzene rings is 1. The Morgan fingerprint density at radius 2 is 1.96 bits per heavy atom. The molecule has 3 aromatic rings. The van der Waals surface area contributed by atoms with Crippen molar-refractivity contribution in [3.05, 3.63) is 66.3 Å². The Balaban J connectivity index is 1.58. The van der Waals surface area contributed by atoms with Crippen LogP contribution in [-0.4, -0.2) is 15.9 Å². The third-order valence-corrected chi connectivity index (χ3v) is 3.45. The van der Waals surface area contributed by atoms with Crippen molar-refractivity contribution >= 4 is 11.7 Å². The summed E-state index contributed by atoms with van der Waals surface area (Å²) in [6.07, 6.45) is 4.09. The van der Waals surface area contributed by atoms with Crippen molar-refractivity contribution in [3.63, 3.8) is 0 Å². The molecule has 0 bridgehead atoms. The van der Waals surface area contributed by atoms with Gasteiger partial charge in [-0.1, -0.05) is 36.4 Å². The molecule has 0 saturated heterocycles. The smallest absolute Gasteiger partial charge is 0.226 e. The van der Waals surface area contributed by atoms with E-state index in [4.69, 9.17) is 4.42 Å². The van der Waals surface area contributed by atoms with Gasteiger partial charge in [-0.2, -0.15) is 0 Å². The average Bonchev–Trinajstić information content (AvgIpc) is 3.05. The summed E-state index contributed by atoms with van der Waals surface area (Å²) in [6.45, 7) is 1.91. The van der Waals surface area contributed by atoms with Gasteiger partial charge < -0.3 is 9.73 Å². The Hall–Kier alpha value is -2.95. The molecular weight excluding hydrogens is 290 g/mol. The van der Waals surface area contributed by atoms with Gasteiger partial charge in [-0.05, 0) is 18.6 Å². The fourth-order valence-electron chi connectivity index (χ4n) is 2.19. The van der Waals surface area contributed by atoms with Crippen LogP contribution in [0.4, 0.5) is 5.82 Å². The Morgan fingerprint density at radius 1 is 1.13 bits per heavy atom. The first kappa shape index (κ1) is 15.0. The number of nitrogens with zero attached hydrogens (tertiary/aromatic N) is 2. The molecule has 1 aromatic carbocycles. The summed E-state index contributed by atoms with van der Waals surface area (Å²) in [4.78, 5) is 20.4. The number of aromatic nitrogens is 2. The van der Waals surface area contributed by atoms with Crippen molar-refractivity contribution in [2.24, 2.45) is 0 Å². The van der Waals surface area contributed by atoms with Gasteiger partial charge in [-0.3, -0.25) is 4.79 Å². The highest BCUT2D eigenvalue weighted by Gasteiger charge is 2.10. The lowest BCUT2D eigenvalue weighted by Crippen LogP contribution is -2.14. The first-order valence-corrected chi connectivity index (χ1v) is 7.44. The number of carbonyl (C=O) groups excluding carboxylic acids is 1. The highest BCUT2D eigenvalue weighted by atomic mass is 16.4. The van der Waals surface area contributed by atoms with E-state index in [1.807, 2.05) is 49.4 Å². The van der Waals surface area contributed by atoms with Crippen molar-refractivity contribution in [1.82, 2.24) is 9.97 Å². The van der Waals surface area contributed by atoms with E-state index in [1.165, 1.54) is 0 Å². The average molecular weight is 307 g/mol. The van der Waals surface area contributed by atoms with Crippen LogP contribution < -0.4 is 5.32 Å². The summed E-state index contributed by atoms with van der Waals surface area (Å²) < 4.78 is 5.69. The zero-order valence-electron chi connectivity index (χ0n) is 12.8. The molecule has 1 amide bonds. The molecule has 5 heteroatoms. The van der Waals surface area contributed by atoms with Gasteiger partial charge in [0.15, 0.2) is 11.7 Å². The van der Waals surface area contributed by atoms with Crippen molar-refractivity contribution in [3.8, 4) is 11.3 Å². The van der Waals surface area contributed by atoms with Gasteiger partial charge in [-0.25, -0.2) is 9.97 Å². The molecule has 0 atom stereocenters. The minimum absolute atomic E-state index is 0.105. The quantitative estimate of drug-likeness (QED) is 0.781. The van der Waals surface area contributed by atoms with Crippen LogP contribution in [0.5, 0.6) is 0 Å². The van der Waals surface area contributed by atoms with Crippen LogP contribution in [0.3, 0.4) is 0 Å². The minimum atomic E-state index is -0.105. The molecule has 2 heterocycles. The van der Waals surface area contributed by atoms with Gasteiger partial charge in [0.05, 0.1) is 6.20 Å². The molecule has 2 aromatic heterocycles. The molecule has 0 unspecified atom stereocenters. The molecular formula is C18H17N3O2. The Labute approximate surface area is 134 Å². The molecule has 116 valence electrons. The number of aryl methyl sites for hydroxylation is 2.